The number of aromatic nitrogens is 1. The molecule has 1 aromatic carbocycles. The Bertz CT molecular complexity index is 614. The third-order valence-electron chi connectivity index (χ3n) is 3.42. The van der Waals surface area contributed by atoms with Crippen LogP contribution in [0.1, 0.15) is 23.6 Å². The van der Waals surface area contributed by atoms with Crippen LogP contribution in [0.5, 0.6) is 5.75 Å². The topological polar surface area (TPSA) is 22.1 Å². The number of rotatable bonds is 2. The number of allylic oxidation sites excluding steroid dienone is 1. The number of pyridine rings is 1. The van der Waals surface area contributed by atoms with Crippen LogP contribution in [-0.2, 0) is 6.42 Å². The molecule has 1 heterocycles. The van der Waals surface area contributed by atoms with E-state index in [9.17, 15) is 0 Å². The molecular formula is C16H15NO. The van der Waals surface area contributed by atoms with E-state index in [2.05, 4.69) is 30.1 Å². The molecule has 2 heteroatoms. The SMILES string of the molecule is COc1ccc2c(c1)C(c1cccnc1)=C(C)C2. The van der Waals surface area contributed by atoms with Gasteiger partial charge in [0.2, 0.25) is 0 Å². The maximum atomic E-state index is 5.32. The molecule has 0 saturated carbocycles. The van der Waals surface area contributed by atoms with E-state index in [1.165, 1.54) is 27.8 Å². The summed E-state index contributed by atoms with van der Waals surface area (Å²) in [6, 6.07) is 10.4. The Morgan fingerprint density at radius 1 is 1.22 bits per heavy atom. The van der Waals surface area contributed by atoms with Crippen molar-refractivity contribution >= 4 is 5.57 Å². The number of benzene rings is 1. The summed E-state index contributed by atoms with van der Waals surface area (Å²) in [5, 5.41) is 0. The smallest absolute Gasteiger partial charge is 0.119 e. The van der Waals surface area contributed by atoms with E-state index in [0.29, 0.717) is 0 Å². The molecule has 0 spiro atoms. The lowest BCUT2D eigenvalue weighted by Crippen LogP contribution is -1.90. The van der Waals surface area contributed by atoms with Gasteiger partial charge in [0.05, 0.1) is 7.11 Å². The van der Waals surface area contributed by atoms with E-state index >= 15 is 0 Å². The number of fused-ring (bicyclic) bond motifs is 1. The second-order valence-corrected chi connectivity index (χ2v) is 4.60. The van der Waals surface area contributed by atoms with Crippen LogP contribution in [0.25, 0.3) is 5.57 Å². The third kappa shape index (κ3) is 1.70. The van der Waals surface area contributed by atoms with Crippen LogP contribution in [0, 0.1) is 0 Å². The van der Waals surface area contributed by atoms with Gasteiger partial charge in [0.15, 0.2) is 0 Å². The van der Waals surface area contributed by atoms with E-state index in [-0.39, 0.29) is 0 Å². The summed E-state index contributed by atoms with van der Waals surface area (Å²) in [4.78, 5) is 4.21. The Morgan fingerprint density at radius 3 is 2.83 bits per heavy atom. The predicted octanol–water partition coefficient (Wildman–Crippen LogP) is 3.47. The van der Waals surface area contributed by atoms with Crippen molar-refractivity contribution in [3.8, 4) is 5.75 Å². The van der Waals surface area contributed by atoms with Crippen LogP contribution in [-0.4, -0.2) is 12.1 Å². The van der Waals surface area contributed by atoms with Gasteiger partial charge >= 0.3 is 0 Å². The van der Waals surface area contributed by atoms with Crippen LogP contribution in [0.3, 0.4) is 0 Å². The standard InChI is InChI=1S/C16H15NO/c1-11-8-12-5-6-14(18-2)9-15(12)16(11)13-4-3-7-17-10-13/h3-7,9-10H,8H2,1-2H3. The molecule has 0 N–H and O–H groups in total. The molecule has 0 atom stereocenters. The van der Waals surface area contributed by atoms with Gasteiger partial charge in [-0.15, -0.1) is 0 Å². The quantitative estimate of drug-likeness (QED) is 0.798. The van der Waals surface area contributed by atoms with Crippen LogP contribution < -0.4 is 4.74 Å². The Kier molecular flexibility index (Phi) is 2.63. The second-order valence-electron chi connectivity index (χ2n) is 4.60. The van der Waals surface area contributed by atoms with Crippen LogP contribution >= 0.6 is 0 Å². The van der Waals surface area contributed by atoms with Gasteiger partial charge in [-0.3, -0.25) is 4.98 Å². The zero-order chi connectivity index (χ0) is 12.5. The number of hydrogen-bond acceptors (Lipinski definition) is 2. The maximum Gasteiger partial charge on any atom is 0.119 e. The fraction of sp³-hybridized carbons (Fsp3) is 0.188. The second kappa shape index (κ2) is 4.30. The number of ether oxygens (including phenoxy) is 1. The summed E-state index contributed by atoms with van der Waals surface area (Å²) in [6.07, 6.45) is 4.75. The minimum Gasteiger partial charge on any atom is -0.497 e. The first-order chi connectivity index (χ1) is 8.79. The van der Waals surface area contributed by atoms with E-state index in [1.807, 2.05) is 18.3 Å². The molecule has 2 aromatic rings. The van der Waals surface area contributed by atoms with E-state index in [1.54, 1.807) is 13.3 Å². The molecule has 1 aliphatic rings. The van der Waals surface area contributed by atoms with Crippen molar-refractivity contribution in [1.82, 2.24) is 4.98 Å². The van der Waals surface area contributed by atoms with Crippen molar-refractivity contribution in [2.24, 2.45) is 0 Å². The largest absolute Gasteiger partial charge is 0.497 e. The fourth-order valence-corrected chi connectivity index (χ4v) is 2.59. The zero-order valence-electron chi connectivity index (χ0n) is 10.6. The molecule has 1 aromatic heterocycles. The average molecular weight is 237 g/mol. The Labute approximate surface area is 107 Å². The number of hydrogen-bond donors (Lipinski definition) is 0. The summed E-state index contributed by atoms with van der Waals surface area (Å²) in [6.45, 7) is 2.19. The highest BCUT2D eigenvalue weighted by atomic mass is 16.5. The first-order valence-corrected chi connectivity index (χ1v) is 6.07. The highest BCUT2D eigenvalue weighted by Crippen LogP contribution is 2.38. The van der Waals surface area contributed by atoms with Gasteiger partial charge < -0.3 is 4.74 Å². The van der Waals surface area contributed by atoms with Crippen molar-refractivity contribution in [2.75, 3.05) is 7.11 Å². The monoisotopic (exact) mass is 237 g/mol. The third-order valence-corrected chi connectivity index (χ3v) is 3.42. The molecule has 3 rings (SSSR count). The van der Waals surface area contributed by atoms with Crippen molar-refractivity contribution in [2.45, 2.75) is 13.3 Å². The van der Waals surface area contributed by atoms with Gasteiger partial charge in [-0.25, -0.2) is 0 Å². The number of methoxy groups -OCH3 is 1. The molecule has 0 fully saturated rings. The molecule has 90 valence electrons. The highest BCUT2D eigenvalue weighted by Gasteiger charge is 2.20. The van der Waals surface area contributed by atoms with Crippen molar-refractivity contribution < 1.29 is 4.74 Å². The molecule has 18 heavy (non-hydrogen) atoms. The van der Waals surface area contributed by atoms with E-state index in [4.69, 9.17) is 4.74 Å². The first kappa shape index (κ1) is 11.0. The van der Waals surface area contributed by atoms with Gasteiger partial charge in [-0.2, -0.15) is 0 Å². The van der Waals surface area contributed by atoms with Crippen molar-refractivity contribution in [1.29, 1.82) is 0 Å². The lowest BCUT2D eigenvalue weighted by molar-refractivity contribution is 0.414. The summed E-state index contributed by atoms with van der Waals surface area (Å²) in [7, 11) is 1.71. The molecule has 0 amide bonds. The molecular weight excluding hydrogens is 222 g/mol. The normalized spacial score (nSPS) is 13.7. The molecule has 0 saturated heterocycles. The van der Waals surface area contributed by atoms with Crippen molar-refractivity contribution in [3.05, 3.63) is 65.0 Å². The summed E-state index contributed by atoms with van der Waals surface area (Å²) in [5.41, 5.74) is 6.53. The van der Waals surface area contributed by atoms with Gasteiger partial charge in [0.1, 0.15) is 5.75 Å². The molecule has 0 unspecified atom stereocenters. The maximum absolute atomic E-state index is 5.32. The van der Waals surface area contributed by atoms with E-state index < -0.39 is 0 Å². The lowest BCUT2D eigenvalue weighted by atomic mass is 9.99. The minimum atomic E-state index is 0.907. The van der Waals surface area contributed by atoms with Crippen LogP contribution in [0.4, 0.5) is 0 Å². The van der Waals surface area contributed by atoms with Gasteiger partial charge in [-0.1, -0.05) is 17.7 Å². The Hall–Kier alpha value is -2.09. The summed E-state index contributed by atoms with van der Waals surface area (Å²) >= 11 is 0. The fourth-order valence-electron chi connectivity index (χ4n) is 2.59. The molecule has 2 nitrogen and oxygen atoms in total. The van der Waals surface area contributed by atoms with Gasteiger partial charge in [0.25, 0.3) is 0 Å². The van der Waals surface area contributed by atoms with Gasteiger partial charge in [-0.05, 0) is 48.2 Å². The van der Waals surface area contributed by atoms with Crippen LogP contribution in [0.15, 0.2) is 48.3 Å². The molecule has 1 aliphatic carbocycles. The Balaban J connectivity index is 2.15. The molecule has 0 bridgehead atoms. The molecule has 0 radical (unpaired) electrons. The first-order valence-electron chi connectivity index (χ1n) is 6.07. The molecule has 0 aliphatic heterocycles. The number of nitrogens with zero attached hydrogens (tertiary/aromatic N) is 1. The minimum absolute atomic E-state index is 0.907. The van der Waals surface area contributed by atoms with E-state index in [0.717, 1.165) is 12.2 Å². The van der Waals surface area contributed by atoms with Gasteiger partial charge in [0, 0.05) is 18.0 Å². The Morgan fingerprint density at radius 2 is 2.11 bits per heavy atom. The highest BCUT2D eigenvalue weighted by molar-refractivity contribution is 5.87. The summed E-state index contributed by atoms with van der Waals surface area (Å²) < 4.78 is 5.32. The van der Waals surface area contributed by atoms with Crippen molar-refractivity contribution in [3.63, 3.8) is 0 Å². The van der Waals surface area contributed by atoms with Crippen LogP contribution in [0.2, 0.25) is 0 Å². The average Bonchev–Trinajstić information content (AvgIpc) is 2.74. The lowest BCUT2D eigenvalue weighted by Gasteiger charge is -2.08. The zero-order valence-corrected chi connectivity index (χ0v) is 10.6. The summed E-state index contributed by atoms with van der Waals surface area (Å²) in [5.74, 6) is 0.907. The predicted molar refractivity (Wildman–Crippen MR) is 72.6 cm³/mol.